The minimum absolute atomic E-state index is 0.189. The van der Waals surface area contributed by atoms with Gasteiger partial charge in [-0.05, 0) is 32.6 Å². The third kappa shape index (κ3) is 2.47. The van der Waals surface area contributed by atoms with Crippen molar-refractivity contribution in [2.24, 2.45) is 11.7 Å². The Hall–Kier alpha value is -1.10. The lowest BCUT2D eigenvalue weighted by atomic mass is 10.4. The molecule has 1 heterocycles. The summed E-state index contributed by atoms with van der Waals surface area (Å²) in [7, 11) is 0. The molecule has 1 unspecified atom stereocenters. The molecule has 2 rings (SSSR count). The van der Waals surface area contributed by atoms with E-state index in [-0.39, 0.29) is 6.04 Å². The first kappa shape index (κ1) is 10.4. The highest BCUT2D eigenvalue weighted by atomic mass is 16.4. The fourth-order valence-electron chi connectivity index (χ4n) is 1.49. The molecule has 0 bridgehead atoms. The molecule has 2 N–H and O–H groups in total. The van der Waals surface area contributed by atoms with E-state index >= 15 is 0 Å². The smallest absolute Gasteiger partial charge is 0.318 e. The SMILES string of the molecule is CCN(CC1CC1)c1nnc(C(C)N)o1. The summed E-state index contributed by atoms with van der Waals surface area (Å²) in [5.41, 5.74) is 5.67. The molecule has 0 aliphatic heterocycles. The average Bonchev–Trinajstić information content (AvgIpc) is 2.89. The van der Waals surface area contributed by atoms with Crippen LogP contribution in [0.5, 0.6) is 0 Å². The maximum absolute atomic E-state index is 5.67. The fourth-order valence-corrected chi connectivity index (χ4v) is 1.49. The maximum Gasteiger partial charge on any atom is 0.318 e. The highest BCUT2D eigenvalue weighted by Gasteiger charge is 2.26. The summed E-state index contributed by atoms with van der Waals surface area (Å²) in [4.78, 5) is 2.12. The van der Waals surface area contributed by atoms with Crippen LogP contribution in [-0.2, 0) is 0 Å². The van der Waals surface area contributed by atoms with Crippen molar-refractivity contribution in [2.75, 3.05) is 18.0 Å². The number of nitrogens with two attached hydrogens (primary N) is 1. The zero-order valence-corrected chi connectivity index (χ0v) is 9.31. The van der Waals surface area contributed by atoms with Crippen molar-refractivity contribution in [3.05, 3.63) is 5.89 Å². The number of hydrogen-bond acceptors (Lipinski definition) is 5. The molecule has 0 saturated heterocycles. The Morgan fingerprint density at radius 1 is 1.53 bits per heavy atom. The molecule has 5 heteroatoms. The number of hydrogen-bond donors (Lipinski definition) is 1. The van der Waals surface area contributed by atoms with Crippen LogP contribution in [0.3, 0.4) is 0 Å². The van der Waals surface area contributed by atoms with Gasteiger partial charge in [0.05, 0.1) is 6.04 Å². The van der Waals surface area contributed by atoms with E-state index < -0.39 is 0 Å². The van der Waals surface area contributed by atoms with Crippen molar-refractivity contribution < 1.29 is 4.42 Å². The molecular weight excluding hydrogens is 192 g/mol. The molecule has 0 radical (unpaired) electrons. The first-order valence-corrected chi connectivity index (χ1v) is 5.54. The fraction of sp³-hybridized carbons (Fsp3) is 0.800. The Balaban J connectivity index is 2.04. The van der Waals surface area contributed by atoms with Crippen LogP contribution in [0.25, 0.3) is 0 Å². The number of nitrogens with zero attached hydrogens (tertiary/aromatic N) is 3. The Labute approximate surface area is 89.6 Å². The molecule has 1 saturated carbocycles. The van der Waals surface area contributed by atoms with Crippen LogP contribution < -0.4 is 10.6 Å². The lowest BCUT2D eigenvalue weighted by Gasteiger charge is -2.16. The third-order valence-corrected chi connectivity index (χ3v) is 2.65. The monoisotopic (exact) mass is 210 g/mol. The highest BCUT2D eigenvalue weighted by Crippen LogP contribution is 2.31. The molecule has 0 aromatic carbocycles. The summed E-state index contributed by atoms with van der Waals surface area (Å²) in [6, 6.07) is 0.419. The van der Waals surface area contributed by atoms with E-state index in [0.29, 0.717) is 11.9 Å². The van der Waals surface area contributed by atoms with Crippen molar-refractivity contribution in [3.63, 3.8) is 0 Å². The van der Waals surface area contributed by atoms with Crippen molar-refractivity contribution in [2.45, 2.75) is 32.7 Å². The van der Waals surface area contributed by atoms with Crippen molar-refractivity contribution in [1.29, 1.82) is 0 Å². The van der Waals surface area contributed by atoms with Gasteiger partial charge in [0.1, 0.15) is 0 Å². The summed E-state index contributed by atoms with van der Waals surface area (Å²) < 4.78 is 5.51. The minimum Gasteiger partial charge on any atom is -0.406 e. The summed E-state index contributed by atoms with van der Waals surface area (Å²) in [5.74, 6) is 1.33. The van der Waals surface area contributed by atoms with Crippen LogP contribution in [-0.4, -0.2) is 23.3 Å². The van der Waals surface area contributed by atoms with Crippen LogP contribution in [0.15, 0.2) is 4.42 Å². The lowest BCUT2D eigenvalue weighted by molar-refractivity contribution is 0.455. The second kappa shape index (κ2) is 4.18. The predicted octanol–water partition coefficient (Wildman–Crippen LogP) is 1.33. The summed E-state index contributed by atoms with van der Waals surface area (Å²) in [5, 5.41) is 7.95. The molecule has 1 aliphatic rings. The van der Waals surface area contributed by atoms with Gasteiger partial charge in [-0.3, -0.25) is 0 Å². The third-order valence-electron chi connectivity index (χ3n) is 2.65. The van der Waals surface area contributed by atoms with Crippen LogP contribution in [0.1, 0.15) is 38.6 Å². The average molecular weight is 210 g/mol. The minimum atomic E-state index is -0.189. The molecule has 1 fully saturated rings. The molecule has 84 valence electrons. The molecule has 5 nitrogen and oxygen atoms in total. The predicted molar refractivity (Wildman–Crippen MR) is 57.5 cm³/mol. The topological polar surface area (TPSA) is 68.2 Å². The van der Waals surface area contributed by atoms with Gasteiger partial charge in [-0.1, -0.05) is 5.10 Å². The largest absolute Gasteiger partial charge is 0.406 e. The van der Waals surface area contributed by atoms with Crippen LogP contribution in [0.2, 0.25) is 0 Å². The number of rotatable bonds is 5. The Bertz CT molecular complexity index is 319. The number of aromatic nitrogens is 2. The van der Waals surface area contributed by atoms with Gasteiger partial charge in [-0.2, -0.15) is 0 Å². The van der Waals surface area contributed by atoms with E-state index in [2.05, 4.69) is 22.0 Å². The van der Waals surface area contributed by atoms with Gasteiger partial charge in [0.2, 0.25) is 5.89 Å². The van der Waals surface area contributed by atoms with Crippen molar-refractivity contribution >= 4 is 6.01 Å². The molecule has 0 amide bonds. The Morgan fingerprint density at radius 3 is 2.73 bits per heavy atom. The normalized spacial score (nSPS) is 17.8. The van der Waals surface area contributed by atoms with Crippen LogP contribution in [0, 0.1) is 5.92 Å². The van der Waals surface area contributed by atoms with Crippen LogP contribution >= 0.6 is 0 Å². The summed E-state index contributed by atoms with van der Waals surface area (Å²) >= 11 is 0. The molecular formula is C10H18N4O. The van der Waals surface area contributed by atoms with E-state index in [1.165, 1.54) is 12.8 Å². The van der Waals surface area contributed by atoms with E-state index in [9.17, 15) is 0 Å². The Kier molecular flexibility index (Phi) is 2.90. The molecule has 1 atom stereocenters. The maximum atomic E-state index is 5.67. The standard InChI is InChI=1S/C10H18N4O/c1-3-14(6-8-4-5-8)10-13-12-9(15-10)7(2)11/h7-8H,3-6,11H2,1-2H3. The van der Waals surface area contributed by atoms with Crippen molar-refractivity contribution in [3.8, 4) is 0 Å². The van der Waals surface area contributed by atoms with E-state index in [4.69, 9.17) is 10.2 Å². The quantitative estimate of drug-likeness (QED) is 0.794. The van der Waals surface area contributed by atoms with Gasteiger partial charge in [-0.25, -0.2) is 0 Å². The van der Waals surface area contributed by atoms with Gasteiger partial charge in [0, 0.05) is 13.1 Å². The lowest BCUT2D eigenvalue weighted by Crippen LogP contribution is -2.25. The zero-order valence-electron chi connectivity index (χ0n) is 9.31. The van der Waals surface area contributed by atoms with Gasteiger partial charge < -0.3 is 15.1 Å². The second-order valence-electron chi connectivity index (χ2n) is 4.19. The summed E-state index contributed by atoms with van der Waals surface area (Å²) in [6.45, 7) is 5.86. The molecule has 1 aliphatic carbocycles. The molecule has 15 heavy (non-hydrogen) atoms. The second-order valence-corrected chi connectivity index (χ2v) is 4.19. The molecule has 1 aromatic heterocycles. The van der Waals surface area contributed by atoms with Gasteiger partial charge in [0.15, 0.2) is 0 Å². The molecule has 1 aromatic rings. The number of anilines is 1. The van der Waals surface area contributed by atoms with Crippen LogP contribution in [0.4, 0.5) is 6.01 Å². The summed E-state index contributed by atoms with van der Waals surface area (Å²) in [6.07, 6.45) is 2.65. The first-order chi connectivity index (χ1) is 7.20. The Morgan fingerprint density at radius 2 is 2.27 bits per heavy atom. The van der Waals surface area contributed by atoms with E-state index in [0.717, 1.165) is 19.0 Å². The van der Waals surface area contributed by atoms with Gasteiger partial charge in [0.25, 0.3) is 0 Å². The van der Waals surface area contributed by atoms with E-state index in [1.54, 1.807) is 0 Å². The highest BCUT2D eigenvalue weighted by molar-refractivity contribution is 5.24. The van der Waals surface area contributed by atoms with Crippen molar-refractivity contribution in [1.82, 2.24) is 10.2 Å². The first-order valence-electron chi connectivity index (χ1n) is 5.54. The van der Waals surface area contributed by atoms with Gasteiger partial charge in [-0.15, -0.1) is 5.10 Å². The zero-order chi connectivity index (χ0) is 10.8. The molecule has 0 spiro atoms. The van der Waals surface area contributed by atoms with E-state index in [1.807, 2.05) is 6.92 Å². The van der Waals surface area contributed by atoms with Gasteiger partial charge >= 0.3 is 6.01 Å².